The number of thiophene rings is 1. The summed E-state index contributed by atoms with van der Waals surface area (Å²) in [5, 5.41) is 23.9. The standard InChI is InChI=1S/C18H16N2O5S/c1-11-4-5-12(9-14(11)20(23)24)18(22)19-10-13-6-7-16(26-13)17(21)15-3-2-8-25-15/h2-9,17,21H,10H2,1H3,(H,19,22). The number of nitrogens with one attached hydrogen (secondary N) is 1. The Bertz CT molecular complexity index is 933. The third kappa shape index (κ3) is 3.81. The molecule has 2 aromatic heterocycles. The van der Waals surface area contributed by atoms with E-state index in [0.29, 0.717) is 16.2 Å². The topological polar surface area (TPSA) is 106 Å². The van der Waals surface area contributed by atoms with Crippen molar-refractivity contribution in [2.45, 2.75) is 19.6 Å². The third-order valence-electron chi connectivity index (χ3n) is 3.86. The van der Waals surface area contributed by atoms with Crippen molar-refractivity contribution >= 4 is 22.9 Å². The van der Waals surface area contributed by atoms with E-state index < -0.39 is 16.9 Å². The minimum atomic E-state index is -0.848. The van der Waals surface area contributed by atoms with Crippen molar-refractivity contribution in [2.24, 2.45) is 0 Å². The van der Waals surface area contributed by atoms with Gasteiger partial charge in [-0.3, -0.25) is 14.9 Å². The lowest BCUT2D eigenvalue weighted by molar-refractivity contribution is -0.385. The number of hydrogen-bond donors (Lipinski definition) is 2. The Morgan fingerprint density at radius 2 is 2.15 bits per heavy atom. The average Bonchev–Trinajstić information content (AvgIpc) is 3.31. The molecule has 0 aliphatic carbocycles. The molecule has 0 saturated heterocycles. The fraction of sp³-hybridized carbons (Fsp3) is 0.167. The summed E-state index contributed by atoms with van der Waals surface area (Å²) in [6.45, 7) is 1.88. The first-order valence-corrected chi connectivity index (χ1v) is 8.60. The van der Waals surface area contributed by atoms with Gasteiger partial charge in [0.1, 0.15) is 11.9 Å². The van der Waals surface area contributed by atoms with Crippen LogP contribution in [0.5, 0.6) is 0 Å². The predicted octanol–water partition coefficient (Wildman–Crippen LogP) is 3.57. The van der Waals surface area contributed by atoms with Gasteiger partial charge in [-0.1, -0.05) is 6.07 Å². The molecule has 26 heavy (non-hydrogen) atoms. The zero-order chi connectivity index (χ0) is 18.7. The molecule has 0 bridgehead atoms. The van der Waals surface area contributed by atoms with Crippen molar-refractivity contribution in [3.8, 4) is 0 Å². The van der Waals surface area contributed by atoms with E-state index in [0.717, 1.165) is 4.88 Å². The molecule has 1 unspecified atom stereocenters. The van der Waals surface area contributed by atoms with Crippen LogP contribution in [0.3, 0.4) is 0 Å². The Morgan fingerprint density at radius 1 is 1.35 bits per heavy atom. The molecule has 7 nitrogen and oxygen atoms in total. The number of benzene rings is 1. The molecule has 8 heteroatoms. The molecule has 134 valence electrons. The molecule has 1 amide bonds. The van der Waals surface area contributed by atoms with E-state index in [-0.39, 0.29) is 17.8 Å². The molecule has 3 aromatic rings. The SMILES string of the molecule is Cc1ccc(C(=O)NCc2ccc(C(O)c3ccco3)s2)cc1[N+](=O)[O-]. The second-order valence-electron chi connectivity index (χ2n) is 5.66. The minimum absolute atomic E-state index is 0.0855. The largest absolute Gasteiger partial charge is 0.466 e. The van der Waals surface area contributed by atoms with Crippen LogP contribution in [-0.4, -0.2) is 15.9 Å². The minimum Gasteiger partial charge on any atom is -0.466 e. The molecule has 0 saturated carbocycles. The summed E-state index contributed by atoms with van der Waals surface area (Å²) in [4.78, 5) is 24.3. The van der Waals surface area contributed by atoms with Crippen molar-refractivity contribution < 1.29 is 19.2 Å². The molecular formula is C18H16N2O5S. The van der Waals surface area contributed by atoms with E-state index in [1.807, 2.05) is 6.07 Å². The second-order valence-corrected chi connectivity index (χ2v) is 6.86. The zero-order valence-electron chi connectivity index (χ0n) is 13.8. The molecule has 1 aromatic carbocycles. The Labute approximate surface area is 153 Å². The first-order chi connectivity index (χ1) is 12.5. The lowest BCUT2D eigenvalue weighted by atomic mass is 10.1. The summed E-state index contributed by atoms with van der Waals surface area (Å²) in [5.74, 6) is 0.0593. The van der Waals surface area contributed by atoms with Gasteiger partial charge in [0.15, 0.2) is 0 Å². The molecule has 2 heterocycles. The number of aliphatic hydroxyl groups excluding tert-OH is 1. The maximum absolute atomic E-state index is 12.2. The number of aliphatic hydroxyl groups is 1. The molecular weight excluding hydrogens is 356 g/mol. The van der Waals surface area contributed by atoms with Gasteiger partial charge in [0.05, 0.1) is 17.7 Å². The van der Waals surface area contributed by atoms with Crippen LogP contribution in [0.4, 0.5) is 5.69 Å². The van der Waals surface area contributed by atoms with Crippen molar-refractivity contribution in [3.63, 3.8) is 0 Å². The first kappa shape index (κ1) is 17.8. The highest BCUT2D eigenvalue weighted by atomic mass is 32.1. The van der Waals surface area contributed by atoms with E-state index in [9.17, 15) is 20.0 Å². The second kappa shape index (κ2) is 7.51. The van der Waals surface area contributed by atoms with Gasteiger partial charge in [0.25, 0.3) is 11.6 Å². The Balaban J connectivity index is 1.65. The highest BCUT2D eigenvalue weighted by Crippen LogP contribution is 2.28. The molecule has 0 aliphatic heterocycles. The molecule has 0 aliphatic rings. The number of nitro groups is 1. The fourth-order valence-corrected chi connectivity index (χ4v) is 3.39. The molecule has 0 spiro atoms. The Hall–Kier alpha value is -2.97. The lowest BCUT2D eigenvalue weighted by Gasteiger charge is -2.06. The van der Waals surface area contributed by atoms with Gasteiger partial charge >= 0.3 is 0 Å². The van der Waals surface area contributed by atoms with Crippen LogP contribution in [0.1, 0.15) is 37.5 Å². The van der Waals surface area contributed by atoms with Crippen LogP contribution in [-0.2, 0) is 6.54 Å². The van der Waals surface area contributed by atoms with Crippen LogP contribution in [0.15, 0.2) is 53.1 Å². The predicted molar refractivity (Wildman–Crippen MR) is 96.1 cm³/mol. The quantitative estimate of drug-likeness (QED) is 0.508. The van der Waals surface area contributed by atoms with E-state index in [1.54, 1.807) is 37.3 Å². The number of aryl methyl sites for hydroxylation is 1. The summed E-state index contributed by atoms with van der Waals surface area (Å²) in [5.41, 5.74) is 0.647. The van der Waals surface area contributed by atoms with Crippen molar-refractivity contribution in [1.82, 2.24) is 5.32 Å². The van der Waals surface area contributed by atoms with Gasteiger partial charge < -0.3 is 14.8 Å². The van der Waals surface area contributed by atoms with Gasteiger partial charge in [-0.2, -0.15) is 0 Å². The van der Waals surface area contributed by atoms with Crippen LogP contribution in [0, 0.1) is 17.0 Å². The van der Waals surface area contributed by atoms with Gasteiger partial charge in [-0.15, -0.1) is 11.3 Å². The summed E-state index contributed by atoms with van der Waals surface area (Å²) in [7, 11) is 0. The van der Waals surface area contributed by atoms with Crippen molar-refractivity contribution in [2.75, 3.05) is 0 Å². The first-order valence-electron chi connectivity index (χ1n) is 7.79. The molecule has 3 rings (SSSR count). The summed E-state index contributed by atoms with van der Waals surface area (Å²) < 4.78 is 5.19. The number of hydrogen-bond acceptors (Lipinski definition) is 6. The van der Waals surface area contributed by atoms with Crippen LogP contribution >= 0.6 is 11.3 Å². The van der Waals surface area contributed by atoms with Crippen molar-refractivity contribution in [1.29, 1.82) is 0 Å². The average molecular weight is 372 g/mol. The van der Waals surface area contributed by atoms with Crippen LogP contribution < -0.4 is 5.32 Å². The maximum Gasteiger partial charge on any atom is 0.273 e. The van der Waals surface area contributed by atoms with Crippen LogP contribution in [0.25, 0.3) is 0 Å². The Morgan fingerprint density at radius 3 is 2.85 bits per heavy atom. The number of carbonyl (C=O) groups is 1. The Kier molecular flexibility index (Phi) is 5.15. The zero-order valence-corrected chi connectivity index (χ0v) is 14.7. The summed E-state index contributed by atoms with van der Waals surface area (Å²) in [6, 6.07) is 11.4. The monoisotopic (exact) mass is 372 g/mol. The number of amides is 1. The third-order valence-corrected chi connectivity index (χ3v) is 4.99. The van der Waals surface area contributed by atoms with Gasteiger partial charge in [-0.25, -0.2) is 0 Å². The van der Waals surface area contributed by atoms with Gasteiger partial charge in [0, 0.05) is 26.9 Å². The van der Waals surface area contributed by atoms with Gasteiger partial charge in [0.2, 0.25) is 0 Å². The van der Waals surface area contributed by atoms with Crippen LogP contribution in [0.2, 0.25) is 0 Å². The summed E-state index contributed by atoms with van der Waals surface area (Å²) >= 11 is 1.35. The molecule has 0 radical (unpaired) electrons. The number of carbonyl (C=O) groups excluding carboxylic acids is 1. The molecule has 0 fully saturated rings. The van der Waals surface area contributed by atoms with E-state index in [2.05, 4.69) is 5.32 Å². The van der Waals surface area contributed by atoms with E-state index in [4.69, 9.17) is 4.42 Å². The van der Waals surface area contributed by atoms with E-state index in [1.165, 1.54) is 23.7 Å². The highest BCUT2D eigenvalue weighted by Gasteiger charge is 2.17. The highest BCUT2D eigenvalue weighted by molar-refractivity contribution is 7.12. The lowest BCUT2D eigenvalue weighted by Crippen LogP contribution is -2.22. The smallest absolute Gasteiger partial charge is 0.273 e. The van der Waals surface area contributed by atoms with Crippen molar-refractivity contribution in [3.05, 3.63) is 85.5 Å². The summed E-state index contributed by atoms with van der Waals surface area (Å²) in [6.07, 6.45) is 0.646. The number of furan rings is 1. The number of nitro benzene ring substituents is 1. The molecule has 1 atom stereocenters. The number of nitrogens with zero attached hydrogens (tertiary/aromatic N) is 1. The number of rotatable bonds is 6. The fourth-order valence-electron chi connectivity index (χ4n) is 2.44. The molecule has 2 N–H and O–H groups in total. The van der Waals surface area contributed by atoms with Gasteiger partial charge in [-0.05, 0) is 37.3 Å². The maximum atomic E-state index is 12.2. The van der Waals surface area contributed by atoms with E-state index >= 15 is 0 Å². The normalized spacial score (nSPS) is 11.9.